The number of hydrogen-bond donors (Lipinski definition) is 0. The molecule has 0 fully saturated rings. The summed E-state index contributed by atoms with van der Waals surface area (Å²) in [5.41, 5.74) is 2.33. The van der Waals surface area contributed by atoms with Crippen molar-refractivity contribution >= 4 is 22.8 Å². The maximum absolute atomic E-state index is 14.2. The van der Waals surface area contributed by atoms with Gasteiger partial charge in [-0.15, -0.1) is 11.3 Å². The van der Waals surface area contributed by atoms with Gasteiger partial charge in [0.2, 0.25) is 5.78 Å². The standard InChI is InChI=1S/C16H14FNO2S/c1-8-6-10-12(18-8)7-11(17)16(20-3)14(10)15(19)13-5-4-9(2)21-13/h4-6H,7H2,1-3H3. The number of allylic oxidation sites excluding steroid dienone is 5. The van der Waals surface area contributed by atoms with E-state index in [1.165, 1.54) is 18.4 Å². The highest BCUT2D eigenvalue weighted by Crippen LogP contribution is 2.37. The number of thiophene rings is 1. The second-order valence-electron chi connectivity index (χ2n) is 4.99. The molecule has 0 amide bonds. The summed E-state index contributed by atoms with van der Waals surface area (Å²) in [6.07, 6.45) is 1.89. The first-order valence-electron chi connectivity index (χ1n) is 6.56. The molecule has 2 heterocycles. The number of hydrogen-bond acceptors (Lipinski definition) is 4. The molecule has 1 aliphatic carbocycles. The van der Waals surface area contributed by atoms with Crippen LogP contribution in [0.1, 0.15) is 27.9 Å². The topological polar surface area (TPSA) is 38.7 Å². The third kappa shape index (κ3) is 2.27. The zero-order chi connectivity index (χ0) is 15.1. The molecule has 0 atom stereocenters. The Kier molecular flexibility index (Phi) is 3.37. The van der Waals surface area contributed by atoms with Crippen LogP contribution in [-0.4, -0.2) is 18.6 Å². The number of aliphatic imine (C=N–C) groups is 1. The molecular formula is C16H14FNO2S. The van der Waals surface area contributed by atoms with E-state index in [0.29, 0.717) is 16.2 Å². The van der Waals surface area contributed by atoms with Gasteiger partial charge in [-0.1, -0.05) is 0 Å². The lowest BCUT2D eigenvalue weighted by Gasteiger charge is -2.19. The van der Waals surface area contributed by atoms with E-state index in [9.17, 15) is 9.18 Å². The number of nitrogens with zero attached hydrogens (tertiary/aromatic N) is 1. The Morgan fingerprint density at radius 2 is 2.14 bits per heavy atom. The van der Waals surface area contributed by atoms with Crippen LogP contribution in [0.3, 0.4) is 0 Å². The fraction of sp³-hybridized carbons (Fsp3) is 0.250. The number of methoxy groups -OCH3 is 1. The molecule has 0 N–H and O–H groups in total. The van der Waals surface area contributed by atoms with Gasteiger partial charge in [-0.05, 0) is 32.1 Å². The third-order valence-electron chi connectivity index (χ3n) is 3.44. The largest absolute Gasteiger partial charge is 0.493 e. The fourth-order valence-corrected chi connectivity index (χ4v) is 3.37. The first kappa shape index (κ1) is 13.9. The molecule has 108 valence electrons. The van der Waals surface area contributed by atoms with Gasteiger partial charge in [0, 0.05) is 22.6 Å². The second kappa shape index (κ2) is 5.07. The van der Waals surface area contributed by atoms with Gasteiger partial charge >= 0.3 is 0 Å². The van der Waals surface area contributed by atoms with Crippen molar-refractivity contribution in [3.05, 3.63) is 56.4 Å². The number of fused-ring (bicyclic) bond motifs is 1. The Labute approximate surface area is 126 Å². The maximum Gasteiger partial charge on any atom is 0.207 e. The highest BCUT2D eigenvalue weighted by Gasteiger charge is 2.33. The zero-order valence-electron chi connectivity index (χ0n) is 12.0. The molecule has 21 heavy (non-hydrogen) atoms. The summed E-state index contributed by atoms with van der Waals surface area (Å²) < 4.78 is 19.4. The SMILES string of the molecule is COC1=C(F)CC2=NC(C)=CC2=C1C(=O)c1ccc(C)s1. The lowest BCUT2D eigenvalue weighted by atomic mass is 9.91. The van der Waals surface area contributed by atoms with Crippen molar-refractivity contribution in [1.29, 1.82) is 0 Å². The average Bonchev–Trinajstić information content (AvgIpc) is 3.01. The van der Waals surface area contributed by atoms with Crippen LogP contribution in [0.5, 0.6) is 0 Å². The summed E-state index contributed by atoms with van der Waals surface area (Å²) in [6.45, 7) is 3.76. The van der Waals surface area contributed by atoms with Gasteiger partial charge < -0.3 is 4.74 Å². The van der Waals surface area contributed by atoms with E-state index in [1.807, 2.05) is 26.0 Å². The number of aryl methyl sites for hydroxylation is 1. The summed E-state index contributed by atoms with van der Waals surface area (Å²) >= 11 is 1.39. The molecule has 0 saturated heterocycles. The van der Waals surface area contributed by atoms with Crippen LogP contribution >= 0.6 is 11.3 Å². The summed E-state index contributed by atoms with van der Waals surface area (Å²) in [6, 6.07) is 3.64. The first-order valence-corrected chi connectivity index (χ1v) is 7.37. The molecule has 2 aliphatic rings. The molecular weight excluding hydrogens is 289 g/mol. The van der Waals surface area contributed by atoms with E-state index < -0.39 is 5.83 Å². The van der Waals surface area contributed by atoms with Crippen molar-refractivity contribution in [3.63, 3.8) is 0 Å². The van der Waals surface area contributed by atoms with Crippen molar-refractivity contribution in [2.24, 2.45) is 4.99 Å². The van der Waals surface area contributed by atoms with Gasteiger partial charge in [0.05, 0.1) is 23.3 Å². The minimum atomic E-state index is -0.445. The summed E-state index contributed by atoms with van der Waals surface area (Å²) in [5.74, 6) is -0.626. The number of halogens is 1. The maximum atomic E-state index is 14.2. The number of Topliss-reactive ketones (excluding diaryl/α,β-unsaturated/α-hetero) is 1. The number of carbonyl (C=O) groups excluding carboxylic acids is 1. The molecule has 3 nitrogen and oxygen atoms in total. The minimum Gasteiger partial charge on any atom is -0.493 e. The Hall–Kier alpha value is -2.01. The van der Waals surface area contributed by atoms with E-state index in [1.54, 1.807) is 6.07 Å². The normalized spacial score (nSPS) is 17.7. The lowest BCUT2D eigenvalue weighted by molar-refractivity contribution is 0.102. The second-order valence-corrected chi connectivity index (χ2v) is 6.28. The average molecular weight is 303 g/mol. The molecule has 5 heteroatoms. The first-order chi connectivity index (χ1) is 10.0. The summed E-state index contributed by atoms with van der Waals surface area (Å²) in [4.78, 5) is 18.7. The van der Waals surface area contributed by atoms with Crippen LogP contribution in [0.15, 0.2) is 51.6 Å². The molecule has 0 radical (unpaired) electrons. The molecule has 1 aromatic heterocycles. The zero-order valence-corrected chi connectivity index (χ0v) is 12.8. The van der Waals surface area contributed by atoms with Crippen LogP contribution in [0.4, 0.5) is 4.39 Å². The highest BCUT2D eigenvalue weighted by atomic mass is 32.1. The molecule has 0 spiro atoms. The predicted molar refractivity (Wildman–Crippen MR) is 81.4 cm³/mol. The Morgan fingerprint density at radius 1 is 1.38 bits per heavy atom. The minimum absolute atomic E-state index is 0.0333. The quantitative estimate of drug-likeness (QED) is 0.788. The Balaban J connectivity index is 2.17. The van der Waals surface area contributed by atoms with Crippen molar-refractivity contribution in [2.75, 3.05) is 7.11 Å². The van der Waals surface area contributed by atoms with Crippen LogP contribution in [0.2, 0.25) is 0 Å². The number of ketones is 1. The molecule has 0 bridgehead atoms. The van der Waals surface area contributed by atoms with Crippen molar-refractivity contribution < 1.29 is 13.9 Å². The highest BCUT2D eigenvalue weighted by molar-refractivity contribution is 7.14. The van der Waals surface area contributed by atoms with E-state index in [-0.39, 0.29) is 23.5 Å². The van der Waals surface area contributed by atoms with Crippen LogP contribution in [0, 0.1) is 6.92 Å². The molecule has 0 unspecified atom stereocenters. The van der Waals surface area contributed by atoms with Crippen molar-refractivity contribution in [2.45, 2.75) is 20.3 Å². The fourth-order valence-electron chi connectivity index (χ4n) is 2.55. The number of ether oxygens (including phenoxy) is 1. The van der Waals surface area contributed by atoms with Crippen LogP contribution in [-0.2, 0) is 4.74 Å². The monoisotopic (exact) mass is 303 g/mol. The summed E-state index contributed by atoms with van der Waals surface area (Å²) in [5, 5.41) is 0. The van der Waals surface area contributed by atoms with Crippen LogP contribution in [0.25, 0.3) is 0 Å². The Morgan fingerprint density at radius 3 is 2.76 bits per heavy atom. The van der Waals surface area contributed by atoms with Gasteiger partial charge in [0.15, 0.2) is 5.76 Å². The van der Waals surface area contributed by atoms with E-state index in [0.717, 1.165) is 10.6 Å². The number of carbonyl (C=O) groups is 1. The van der Waals surface area contributed by atoms with E-state index >= 15 is 0 Å². The number of rotatable bonds is 3. The van der Waals surface area contributed by atoms with Gasteiger partial charge in [-0.3, -0.25) is 9.79 Å². The lowest BCUT2D eigenvalue weighted by Crippen LogP contribution is -2.18. The van der Waals surface area contributed by atoms with E-state index in [4.69, 9.17) is 4.74 Å². The van der Waals surface area contributed by atoms with E-state index in [2.05, 4.69) is 4.99 Å². The molecule has 3 rings (SSSR count). The Bertz CT molecular complexity index is 765. The van der Waals surface area contributed by atoms with Gasteiger partial charge in [0.25, 0.3) is 0 Å². The summed E-state index contributed by atoms with van der Waals surface area (Å²) in [7, 11) is 1.39. The third-order valence-corrected chi connectivity index (χ3v) is 4.44. The molecule has 0 saturated carbocycles. The van der Waals surface area contributed by atoms with Crippen molar-refractivity contribution in [3.8, 4) is 0 Å². The van der Waals surface area contributed by atoms with Crippen molar-refractivity contribution in [1.82, 2.24) is 0 Å². The molecule has 0 aromatic carbocycles. The van der Waals surface area contributed by atoms with Gasteiger partial charge in [0.1, 0.15) is 5.83 Å². The smallest absolute Gasteiger partial charge is 0.207 e. The molecule has 1 aliphatic heterocycles. The molecule has 1 aromatic rings. The van der Waals surface area contributed by atoms with Gasteiger partial charge in [-0.2, -0.15) is 0 Å². The van der Waals surface area contributed by atoms with Crippen LogP contribution < -0.4 is 0 Å². The van der Waals surface area contributed by atoms with Gasteiger partial charge in [-0.25, -0.2) is 4.39 Å². The predicted octanol–water partition coefficient (Wildman–Crippen LogP) is 4.13.